The normalized spacial score (nSPS) is 10.9. The molecule has 0 bridgehead atoms. The first-order chi connectivity index (χ1) is 20.7. The van der Waals surface area contributed by atoms with Gasteiger partial charge in [0.2, 0.25) is 5.91 Å². The Morgan fingerprint density at radius 2 is 1.58 bits per heavy atom. The third-order valence-corrected chi connectivity index (χ3v) is 7.17. The minimum Gasteiger partial charge on any atom is -0.495 e. The van der Waals surface area contributed by atoms with Crippen molar-refractivity contribution in [2.45, 2.75) is 4.90 Å². The lowest BCUT2D eigenvalue weighted by Gasteiger charge is -2.12. The van der Waals surface area contributed by atoms with Crippen LogP contribution in [0.15, 0.2) is 108 Å². The van der Waals surface area contributed by atoms with Crippen LogP contribution >= 0.6 is 23.4 Å². The Bertz CT molecular complexity index is 1660. The van der Waals surface area contributed by atoms with Gasteiger partial charge in [-0.3, -0.25) is 24.5 Å². The molecule has 3 N–H and O–H groups in total. The van der Waals surface area contributed by atoms with Gasteiger partial charge in [-0.05, 0) is 78.4 Å². The van der Waals surface area contributed by atoms with Crippen molar-refractivity contribution in [3.63, 3.8) is 0 Å². The first kappa shape index (κ1) is 30.8. The molecular formula is C31H25ClN4O6S. The monoisotopic (exact) mass is 616 g/mol. The third-order valence-electron chi connectivity index (χ3n) is 5.86. The lowest BCUT2D eigenvalue weighted by atomic mass is 10.1. The van der Waals surface area contributed by atoms with Crippen molar-refractivity contribution in [2.24, 2.45) is 0 Å². The average Bonchev–Trinajstić information content (AvgIpc) is 3.01. The Labute approximate surface area is 256 Å². The van der Waals surface area contributed by atoms with E-state index in [9.17, 15) is 24.5 Å². The molecular weight excluding hydrogens is 592 g/mol. The second-order valence-electron chi connectivity index (χ2n) is 8.89. The highest BCUT2D eigenvalue weighted by atomic mass is 35.5. The summed E-state index contributed by atoms with van der Waals surface area (Å²) in [6.45, 7) is 0. The molecule has 4 rings (SSSR count). The molecule has 0 saturated carbocycles. The van der Waals surface area contributed by atoms with Crippen LogP contribution in [0.5, 0.6) is 5.75 Å². The molecule has 4 aromatic rings. The predicted molar refractivity (Wildman–Crippen MR) is 167 cm³/mol. The first-order valence-electron chi connectivity index (χ1n) is 12.7. The number of nitrogens with one attached hydrogen (secondary N) is 3. The van der Waals surface area contributed by atoms with Crippen molar-refractivity contribution in [1.29, 1.82) is 0 Å². The molecule has 0 radical (unpaired) electrons. The van der Waals surface area contributed by atoms with Gasteiger partial charge in [-0.2, -0.15) is 0 Å². The van der Waals surface area contributed by atoms with E-state index in [2.05, 4.69) is 16.0 Å². The fourth-order valence-electron chi connectivity index (χ4n) is 3.72. The van der Waals surface area contributed by atoms with E-state index in [0.717, 1.165) is 4.90 Å². The van der Waals surface area contributed by atoms with Crippen LogP contribution in [0.2, 0.25) is 5.02 Å². The minimum atomic E-state index is -0.597. The number of methoxy groups -OCH3 is 1. The number of nitro groups is 1. The molecule has 12 heteroatoms. The second-order valence-corrected chi connectivity index (χ2v) is 10.3. The summed E-state index contributed by atoms with van der Waals surface area (Å²) in [7, 11) is 1.51. The maximum atomic E-state index is 13.2. The van der Waals surface area contributed by atoms with E-state index in [4.69, 9.17) is 16.3 Å². The summed E-state index contributed by atoms with van der Waals surface area (Å²) in [6, 6.07) is 25.8. The number of carbonyl (C=O) groups is 3. The standard InChI is InChI=1S/C31H25ClN4O6S/c1-42-28-16-11-23(18-26(28)32)33-29(37)19-43-25-14-9-22(10-15-25)34-31(39)27(35-30(38)21-5-3-2-4-6-21)17-20-7-12-24(13-8-20)36(40)41/h2-18H,19H2,1H3,(H,33,37)(H,34,39)(H,35,38)/b27-17-. The van der Waals surface area contributed by atoms with Crippen LogP contribution < -0.4 is 20.7 Å². The van der Waals surface area contributed by atoms with Crippen LogP contribution in [0, 0.1) is 10.1 Å². The summed E-state index contributed by atoms with van der Waals surface area (Å²) >= 11 is 7.41. The number of anilines is 2. The third kappa shape index (κ3) is 8.93. The zero-order valence-electron chi connectivity index (χ0n) is 22.7. The van der Waals surface area contributed by atoms with Gasteiger partial charge in [-0.1, -0.05) is 29.8 Å². The van der Waals surface area contributed by atoms with Crippen molar-refractivity contribution in [3.05, 3.63) is 129 Å². The maximum absolute atomic E-state index is 13.2. The highest BCUT2D eigenvalue weighted by Crippen LogP contribution is 2.28. The number of carbonyl (C=O) groups excluding carboxylic acids is 3. The van der Waals surface area contributed by atoms with Gasteiger partial charge in [0.1, 0.15) is 11.4 Å². The lowest BCUT2D eigenvalue weighted by Crippen LogP contribution is -2.30. The molecule has 218 valence electrons. The van der Waals surface area contributed by atoms with Crippen LogP contribution in [-0.4, -0.2) is 35.5 Å². The van der Waals surface area contributed by atoms with E-state index in [0.29, 0.717) is 33.3 Å². The lowest BCUT2D eigenvalue weighted by molar-refractivity contribution is -0.384. The number of amides is 3. The first-order valence-corrected chi connectivity index (χ1v) is 14.1. The number of benzene rings is 4. The Kier molecular flexibility index (Phi) is 10.5. The van der Waals surface area contributed by atoms with E-state index >= 15 is 0 Å². The molecule has 43 heavy (non-hydrogen) atoms. The fraction of sp³-hybridized carbons (Fsp3) is 0.0645. The summed E-state index contributed by atoms with van der Waals surface area (Å²) in [5.74, 6) is -0.665. The smallest absolute Gasteiger partial charge is 0.272 e. The number of halogens is 1. The van der Waals surface area contributed by atoms with Crippen molar-refractivity contribution < 1.29 is 24.0 Å². The molecule has 0 fully saturated rings. The molecule has 0 atom stereocenters. The summed E-state index contributed by atoms with van der Waals surface area (Å²) in [5.41, 5.74) is 1.67. The number of thioether (sulfide) groups is 1. The molecule has 0 aromatic heterocycles. The molecule has 0 saturated heterocycles. The zero-order valence-corrected chi connectivity index (χ0v) is 24.3. The highest BCUT2D eigenvalue weighted by Gasteiger charge is 2.16. The largest absolute Gasteiger partial charge is 0.495 e. The topological polar surface area (TPSA) is 140 Å². The number of rotatable bonds is 11. The van der Waals surface area contributed by atoms with Gasteiger partial charge in [0.05, 0.1) is 22.8 Å². The van der Waals surface area contributed by atoms with Gasteiger partial charge in [0.15, 0.2) is 0 Å². The number of ether oxygens (including phenoxy) is 1. The van der Waals surface area contributed by atoms with Gasteiger partial charge in [-0.15, -0.1) is 11.8 Å². The summed E-state index contributed by atoms with van der Waals surface area (Å²) in [5, 5.41) is 19.5. The molecule has 10 nitrogen and oxygen atoms in total. The number of hydrogen-bond donors (Lipinski definition) is 3. The number of nitrogens with zero attached hydrogens (tertiary/aromatic N) is 1. The van der Waals surface area contributed by atoms with Gasteiger partial charge in [0, 0.05) is 34.0 Å². The number of nitro benzene ring substituents is 1. The summed E-state index contributed by atoms with van der Waals surface area (Å²) in [4.78, 5) is 49.7. The molecule has 4 aromatic carbocycles. The van der Waals surface area contributed by atoms with E-state index in [1.807, 2.05) is 0 Å². The van der Waals surface area contributed by atoms with Crippen LogP contribution in [-0.2, 0) is 9.59 Å². The Morgan fingerprint density at radius 3 is 2.21 bits per heavy atom. The molecule has 0 unspecified atom stereocenters. The highest BCUT2D eigenvalue weighted by molar-refractivity contribution is 8.00. The summed E-state index contributed by atoms with van der Waals surface area (Å²) in [6.07, 6.45) is 1.43. The van der Waals surface area contributed by atoms with Crippen molar-refractivity contribution in [2.75, 3.05) is 23.5 Å². The molecule has 0 aliphatic rings. The zero-order chi connectivity index (χ0) is 30.8. The Morgan fingerprint density at radius 1 is 0.907 bits per heavy atom. The fourth-order valence-corrected chi connectivity index (χ4v) is 4.68. The van der Waals surface area contributed by atoms with Crippen LogP contribution in [0.4, 0.5) is 17.1 Å². The second kappa shape index (κ2) is 14.7. The van der Waals surface area contributed by atoms with Gasteiger partial charge >= 0.3 is 0 Å². The summed E-state index contributed by atoms with van der Waals surface area (Å²) < 4.78 is 5.11. The molecule has 3 amide bonds. The van der Waals surface area contributed by atoms with Crippen molar-refractivity contribution >= 4 is 64.2 Å². The minimum absolute atomic E-state index is 0.0588. The van der Waals surface area contributed by atoms with E-state index < -0.39 is 16.7 Å². The number of non-ortho nitro benzene ring substituents is 1. The quantitative estimate of drug-likeness (QED) is 0.0767. The van der Waals surface area contributed by atoms with Gasteiger partial charge in [-0.25, -0.2) is 0 Å². The Hall–Kier alpha value is -5.13. The molecule has 0 spiro atoms. The predicted octanol–water partition coefficient (Wildman–Crippen LogP) is 6.40. The van der Waals surface area contributed by atoms with Gasteiger partial charge in [0.25, 0.3) is 17.5 Å². The molecule has 0 heterocycles. The van der Waals surface area contributed by atoms with Crippen LogP contribution in [0.3, 0.4) is 0 Å². The Balaban J connectivity index is 1.41. The van der Waals surface area contributed by atoms with Crippen molar-refractivity contribution in [3.8, 4) is 5.75 Å². The van der Waals surface area contributed by atoms with E-state index in [1.54, 1.807) is 72.8 Å². The van der Waals surface area contributed by atoms with Crippen LogP contribution in [0.25, 0.3) is 6.08 Å². The van der Waals surface area contributed by atoms with E-state index in [-0.39, 0.29) is 23.0 Å². The molecule has 0 aliphatic carbocycles. The molecule has 0 aliphatic heterocycles. The van der Waals surface area contributed by atoms with E-state index in [1.165, 1.54) is 49.2 Å². The van der Waals surface area contributed by atoms with Crippen molar-refractivity contribution in [1.82, 2.24) is 5.32 Å². The van der Waals surface area contributed by atoms with Crippen LogP contribution in [0.1, 0.15) is 15.9 Å². The average molecular weight is 617 g/mol. The maximum Gasteiger partial charge on any atom is 0.272 e. The van der Waals surface area contributed by atoms with Gasteiger partial charge < -0.3 is 20.7 Å². The number of hydrogen-bond acceptors (Lipinski definition) is 7. The SMILES string of the molecule is COc1ccc(NC(=O)CSc2ccc(NC(=O)/C(=C/c3ccc([N+](=O)[O-])cc3)NC(=O)c3ccccc3)cc2)cc1Cl.